The lowest BCUT2D eigenvalue weighted by atomic mass is 10.1. The minimum Gasteiger partial charge on any atom is -0.369 e. The maximum atomic E-state index is 10.6. The van der Waals surface area contributed by atoms with Gasteiger partial charge < -0.3 is 10.7 Å². The zero-order chi connectivity index (χ0) is 7.56. The van der Waals surface area contributed by atoms with E-state index in [-0.39, 0.29) is 11.8 Å². The smallest absolute Gasteiger partial charge is 0.224 e. The van der Waals surface area contributed by atoms with E-state index < -0.39 is 0 Å². The van der Waals surface area contributed by atoms with Gasteiger partial charge in [0.2, 0.25) is 5.91 Å². The Bertz CT molecular complexity index is 216. The Kier molecular flexibility index (Phi) is 1.76. The fourth-order valence-electron chi connectivity index (χ4n) is 0.770. The van der Waals surface area contributed by atoms with Crippen LogP contribution in [-0.4, -0.2) is 10.9 Å². The minimum atomic E-state index is -0.292. The number of nitrogens with two attached hydrogens (primary N) is 1. The molecule has 0 fully saturated rings. The average molecular weight is 138 g/mol. The Balaban J connectivity index is 2.77. The lowest BCUT2D eigenvalue weighted by Gasteiger charge is -2.01. The molecule has 1 rings (SSSR count). The van der Waals surface area contributed by atoms with E-state index in [0.29, 0.717) is 0 Å². The first-order valence-corrected chi connectivity index (χ1v) is 3.14. The maximum Gasteiger partial charge on any atom is 0.224 e. The molecule has 54 valence electrons. The first-order valence-electron chi connectivity index (χ1n) is 3.14. The number of hydrogen-bond donors (Lipinski definition) is 2. The average Bonchev–Trinajstić information content (AvgIpc) is 2.36. The quantitative estimate of drug-likeness (QED) is 0.617. The highest BCUT2D eigenvalue weighted by atomic mass is 16.1. The second-order valence-electron chi connectivity index (χ2n) is 2.27. The number of aromatic nitrogens is 1. The lowest BCUT2D eigenvalue weighted by molar-refractivity contribution is -0.119. The molecule has 1 amide bonds. The fraction of sp³-hybridized carbons (Fsp3) is 0.286. The SMILES string of the molecule is CC(C(N)=O)c1cc[nH]c1. The van der Waals surface area contributed by atoms with Gasteiger partial charge in [-0.1, -0.05) is 0 Å². The highest BCUT2D eigenvalue weighted by Gasteiger charge is 2.10. The number of carbonyl (C=O) groups excluding carboxylic acids is 1. The number of H-pyrrole nitrogens is 1. The van der Waals surface area contributed by atoms with Gasteiger partial charge >= 0.3 is 0 Å². The highest BCUT2D eigenvalue weighted by Crippen LogP contribution is 2.12. The molecule has 0 saturated heterocycles. The third-order valence-electron chi connectivity index (χ3n) is 1.55. The van der Waals surface area contributed by atoms with Crippen molar-refractivity contribution in [1.29, 1.82) is 0 Å². The van der Waals surface area contributed by atoms with Crippen LogP contribution in [0.3, 0.4) is 0 Å². The molecule has 0 spiro atoms. The van der Waals surface area contributed by atoms with Gasteiger partial charge in [-0.2, -0.15) is 0 Å². The van der Waals surface area contributed by atoms with E-state index in [0.717, 1.165) is 5.56 Å². The summed E-state index contributed by atoms with van der Waals surface area (Å²) in [5, 5.41) is 0. The van der Waals surface area contributed by atoms with Crippen LogP contribution in [0.25, 0.3) is 0 Å². The van der Waals surface area contributed by atoms with Gasteiger partial charge in [-0.25, -0.2) is 0 Å². The van der Waals surface area contributed by atoms with Gasteiger partial charge in [0.25, 0.3) is 0 Å². The molecule has 3 heteroatoms. The lowest BCUT2D eigenvalue weighted by Crippen LogP contribution is -2.18. The van der Waals surface area contributed by atoms with Crippen LogP contribution in [-0.2, 0) is 4.79 Å². The third kappa shape index (κ3) is 1.18. The number of hydrogen-bond acceptors (Lipinski definition) is 1. The first kappa shape index (κ1) is 6.86. The molecule has 1 heterocycles. The molecule has 0 aliphatic rings. The van der Waals surface area contributed by atoms with E-state index in [9.17, 15) is 4.79 Å². The predicted octanol–water partition coefficient (Wildman–Crippen LogP) is 0.603. The molecule has 0 aliphatic carbocycles. The molecule has 1 aromatic rings. The van der Waals surface area contributed by atoms with Crippen LogP contribution in [0.4, 0.5) is 0 Å². The normalized spacial score (nSPS) is 12.9. The molecule has 1 unspecified atom stereocenters. The van der Waals surface area contributed by atoms with Crippen molar-refractivity contribution in [2.45, 2.75) is 12.8 Å². The number of aromatic amines is 1. The van der Waals surface area contributed by atoms with E-state index in [2.05, 4.69) is 4.98 Å². The summed E-state index contributed by atoms with van der Waals surface area (Å²) in [5.74, 6) is -0.481. The highest BCUT2D eigenvalue weighted by molar-refractivity contribution is 5.81. The van der Waals surface area contributed by atoms with Crippen LogP contribution in [0.2, 0.25) is 0 Å². The summed E-state index contributed by atoms with van der Waals surface area (Å²) >= 11 is 0. The van der Waals surface area contributed by atoms with E-state index in [1.165, 1.54) is 0 Å². The Labute approximate surface area is 59.2 Å². The van der Waals surface area contributed by atoms with E-state index in [4.69, 9.17) is 5.73 Å². The van der Waals surface area contributed by atoms with Crippen LogP contribution < -0.4 is 5.73 Å². The van der Waals surface area contributed by atoms with Crippen LogP contribution in [0.1, 0.15) is 18.4 Å². The molecule has 0 radical (unpaired) electrons. The molecule has 0 aromatic carbocycles. The zero-order valence-electron chi connectivity index (χ0n) is 5.79. The number of rotatable bonds is 2. The summed E-state index contributed by atoms with van der Waals surface area (Å²) in [5.41, 5.74) is 6.01. The minimum absolute atomic E-state index is 0.189. The molecule has 0 bridgehead atoms. The molecule has 10 heavy (non-hydrogen) atoms. The van der Waals surface area contributed by atoms with Crippen molar-refractivity contribution in [1.82, 2.24) is 4.98 Å². The Hall–Kier alpha value is -1.25. The van der Waals surface area contributed by atoms with Gasteiger partial charge in [0.15, 0.2) is 0 Å². The Morgan fingerprint density at radius 3 is 2.90 bits per heavy atom. The molecule has 3 N–H and O–H groups in total. The topological polar surface area (TPSA) is 58.9 Å². The summed E-state index contributed by atoms with van der Waals surface area (Å²) in [6, 6.07) is 1.84. The fourth-order valence-corrected chi connectivity index (χ4v) is 0.770. The van der Waals surface area contributed by atoms with Crippen molar-refractivity contribution < 1.29 is 4.79 Å². The van der Waals surface area contributed by atoms with E-state index in [1.807, 2.05) is 6.07 Å². The molecule has 0 saturated carbocycles. The zero-order valence-corrected chi connectivity index (χ0v) is 5.79. The summed E-state index contributed by atoms with van der Waals surface area (Å²) in [6.45, 7) is 1.78. The molecular formula is C7H10N2O. The predicted molar refractivity (Wildman–Crippen MR) is 38.4 cm³/mol. The molecule has 1 aromatic heterocycles. The first-order chi connectivity index (χ1) is 4.72. The van der Waals surface area contributed by atoms with Gasteiger partial charge in [0.1, 0.15) is 0 Å². The van der Waals surface area contributed by atoms with E-state index >= 15 is 0 Å². The Morgan fingerprint density at radius 2 is 2.50 bits per heavy atom. The van der Waals surface area contributed by atoms with Crippen LogP contribution in [0, 0.1) is 0 Å². The molecular weight excluding hydrogens is 128 g/mol. The Morgan fingerprint density at radius 1 is 1.80 bits per heavy atom. The number of primary amides is 1. The van der Waals surface area contributed by atoms with Crippen molar-refractivity contribution in [3.8, 4) is 0 Å². The third-order valence-corrected chi connectivity index (χ3v) is 1.55. The van der Waals surface area contributed by atoms with Crippen LogP contribution in [0.5, 0.6) is 0 Å². The standard InChI is InChI=1S/C7H10N2O/c1-5(7(8)10)6-2-3-9-4-6/h2-5,9H,1H3,(H2,8,10). The summed E-state index contributed by atoms with van der Waals surface area (Å²) in [6.07, 6.45) is 3.55. The van der Waals surface area contributed by atoms with Gasteiger partial charge in [-0.15, -0.1) is 0 Å². The summed E-state index contributed by atoms with van der Waals surface area (Å²) in [4.78, 5) is 13.5. The van der Waals surface area contributed by atoms with Crippen molar-refractivity contribution in [2.24, 2.45) is 5.73 Å². The second kappa shape index (κ2) is 2.56. The largest absolute Gasteiger partial charge is 0.369 e. The maximum absolute atomic E-state index is 10.6. The van der Waals surface area contributed by atoms with Gasteiger partial charge in [-0.05, 0) is 18.6 Å². The number of nitrogens with one attached hydrogen (secondary N) is 1. The van der Waals surface area contributed by atoms with Crippen molar-refractivity contribution in [2.75, 3.05) is 0 Å². The van der Waals surface area contributed by atoms with Gasteiger partial charge in [0, 0.05) is 12.4 Å². The van der Waals surface area contributed by atoms with Gasteiger partial charge in [-0.3, -0.25) is 4.79 Å². The number of carbonyl (C=O) groups is 1. The van der Waals surface area contributed by atoms with Crippen molar-refractivity contribution >= 4 is 5.91 Å². The summed E-state index contributed by atoms with van der Waals surface area (Å²) in [7, 11) is 0. The molecule has 1 atom stereocenters. The second-order valence-corrected chi connectivity index (χ2v) is 2.27. The number of amides is 1. The van der Waals surface area contributed by atoms with Crippen LogP contribution >= 0.6 is 0 Å². The van der Waals surface area contributed by atoms with Crippen LogP contribution in [0.15, 0.2) is 18.5 Å². The van der Waals surface area contributed by atoms with Crippen molar-refractivity contribution in [3.05, 3.63) is 24.0 Å². The molecule has 3 nitrogen and oxygen atoms in total. The van der Waals surface area contributed by atoms with Gasteiger partial charge in [0.05, 0.1) is 5.92 Å². The summed E-state index contributed by atoms with van der Waals surface area (Å²) < 4.78 is 0. The van der Waals surface area contributed by atoms with Crippen molar-refractivity contribution in [3.63, 3.8) is 0 Å². The molecule has 0 aliphatic heterocycles. The van der Waals surface area contributed by atoms with E-state index in [1.54, 1.807) is 19.3 Å². The monoisotopic (exact) mass is 138 g/mol.